The van der Waals surface area contributed by atoms with Crippen molar-refractivity contribution >= 4 is 10.0 Å². The van der Waals surface area contributed by atoms with Gasteiger partial charge in [-0.3, -0.25) is 0 Å². The number of primary sulfonamides is 1. The van der Waals surface area contributed by atoms with Crippen LogP contribution in [-0.2, 0) is 10.0 Å². The summed E-state index contributed by atoms with van der Waals surface area (Å²) in [6.07, 6.45) is 1.49. The van der Waals surface area contributed by atoms with Crippen molar-refractivity contribution in [2.24, 2.45) is 11.1 Å². The summed E-state index contributed by atoms with van der Waals surface area (Å²) < 4.78 is 54.2. The van der Waals surface area contributed by atoms with Crippen LogP contribution in [0.2, 0.25) is 0 Å². The SMILES string of the molecule is CC(C)CCCOc1c(F)cc(F)cc1S(N)(=O)=O. The lowest BCUT2D eigenvalue weighted by atomic mass is 10.1. The molecule has 0 heterocycles. The lowest BCUT2D eigenvalue weighted by molar-refractivity contribution is 0.275. The minimum atomic E-state index is -4.24. The molecule has 2 N–H and O–H groups in total. The maximum Gasteiger partial charge on any atom is 0.241 e. The second-order valence-corrected chi connectivity index (χ2v) is 6.17. The van der Waals surface area contributed by atoms with Gasteiger partial charge in [0.1, 0.15) is 10.7 Å². The van der Waals surface area contributed by atoms with Gasteiger partial charge in [-0.1, -0.05) is 13.8 Å². The molecule has 0 aliphatic carbocycles. The third-order valence-corrected chi connectivity index (χ3v) is 3.37. The average Bonchev–Trinajstić information content (AvgIpc) is 2.24. The van der Waals surface area contributed by atoms with E-state index in [1.54, 1.807) is 0 Å². The highest BCUT2D eigenvalue weighted by Crippen LogP contribution is 2.27. The number of halogens is 2. The van der Waals surface area contributed by atoms with Crippen LogP contribution in [0.3, 0.4) is 0 Å². The van der Waals surface area contributed by atoms with E-state index < -0.39 is 32.3 Å². The average molecular weight is 293 g/mol. The molecule has 0 aromatic heterocycles. The largest absolute Gasteiger partial charge is 0.489 e. The van der Waals surface area contributed by atoms with E-state index in [0.29, 0.717) is 24.5 Å². The number of hydrogen-bond donors (Lipinski definition) is 1. The summed E-state index contributed by atoms with van der Waals surface area (Å²) in [6, 6.07) is 1.21. The summed E-state index contributed by atoms with van der Waals surface area (Å²) in [6.45, 7) is 4.19. The second kappa shape index (κ2) is 6.29. The third-order valence-electron chi connectivity index (χ3n) is 2.45. The number of benzene rings is 1. The van der Waals surface area contributed by atoms with E-state index in [0.717, 1.165) is 6.42 Å². The quantitative estimate of drug-likeness (QED) is 0.819. The standard InChI is InChI=1S/C12H17F2NO3S/c1-8(2)4-3-5-18-12-10(14)6-9(13)7-11(12)19(15,16)17/h6-8H,3-5H2,1-2H3,(H2,15,16,17). The van der Waals surface area contributed by atoms with Gasteiger partial charge >= 0.3 is 0 Å². The molecule has 0 spiro atoms. The van der Waals surface area contributed by atoms with Gasteiger partial charge in [-0.2, -0.15) is 0 Å². The van der Waals surface area contributed by atoms with Crippen LogP contribution in [0.15, 0.2) is 17.0 Å². The lowest BCUT2D eigenvalue weighted by Crippen LogP contribution is -2.15. The molecule has 1 aromatic rings. The Labute approximate surface area is 111 Å². The van der Waals surface area contributed by atoms with Gasteiger partial charge in [-0.15, -0.1) is 0 Å². The van der Waals surface area contributed by atoms with Crippen LogP contribution in [0.5, 0.6) is 5.75 Å². The van der Waals surface area contributed by atoms with Crippen molar-refractivity contribution in [3.8, 4) is 5.75 Å². The topological polar surface area (TPSA) is 69.4 Å². The fourth-order valence-corrected chi connectivity index (χ4v) is 2.25. The molecule has 0 bridgehead atoms. The van der Waals surface area contributed by atoms with Crippen molar-refractivity contribution in [2.45, 2.75) is 31.6 Å². The Morgan fingerprint density at radius 3 is 2.47 bits per heavy atom. The van der Waals surface area contributed by atoms with E-state index in [1.165, 1.54) is 0 Å². The number of ether oxygens (including phenoxy) is 1. The van der Waals surface area contributed by atoms with E-state index in [1.807, 2.05) is 13.8 Å². The number of rotatable bonds is 6. The van der Waals surface area contributed by atoms with E-state index in [4.69, 9.17) is 9.88 Å². The van der Waals surface area contributed by atoms with Gasteiger partial charge in [0.15, 0.2) is 11.6 Å². The summed E-state index contributed by atoms with van der Waals surface area (Å²) in [5, 5.41) is 4.91. The first-order valence-electron chi connectivity index (χ1n) is 5.86. The summed E-state index contributed by atoms with van der Waals surface area (Å²) in [5.74, 6) is -2.16. The minimum Gasteiger partial charge on any atom is -0.489 e. The monoisotopic (exact) mass is 293 g/mol. The molecule has 0 amide bonds. The second-order valence-electron chi connectivity index (χ2n) is 4.64. The Morgan fingerprint density at radius 1 is 1.32 bits per heavy atom. The van der Waals surface area contributed by atoms with Crippen LogP contribution in [0.25, 0.3) is 0 Å². The van der Waals surface area contributed by atoms with Crippen molar-refractivity contribution in [1.29, 1.82) is 0 Å². The summed E-state index contributed by atoms with van der Waals surface area (Å²) in [4.78, 5) is -0.672. The van der Waals surface area contributed by atoms with Crippen LogP contribution >= 0.6 is 0 Å². The molecule has 108 valence electrons. The van der Waals surface area contributed by atoms with Crippen molar-refractivity contribution in [3.05, 3.63) is 23.8 Å². The van der Waals surface area contributed by atoms with Crippen LogP contribution in [0, 0.1) is 17.6 Å². The van der Waals surface area contributed by atoms with Crippen LogP contribution in [0.4, 0.5) is 8.78 Å². The van der Waals surface area contributed by atoms with Gasteiger partial charge in [0, 0.05) is 6.07 Å². The Bertz CT molecular complexity index is 544. The summed E-state index contributed by atoms with van der Waals surface area (Å²) >= 11 is 0. The molecule has 0 aliphatic heterocycles. The Kier molecular flexibility index (Phi) is 5.25. The highest BCUT2D eigenvalue weighted by molar-refractivity contribution is 7.89. The lowest BCUT2D eigenvalue weighted by Gasteiger charge is -2.12. The Morgan fingerprint density at radius 2 is 1.95 bits per heavy atom. The first kappa shape index (κ1) is 15.8. The highest BCUT2D eigenvalue weighted by Gasteiger charge is 2.21. The first-order chi connectivity index (χ1) is 8.71. The normalized spacial score (nSPS) is 11.9. The van der Waals surface area contributed by atoms with Crippen LogP contribution in [-0.4, -0.2) is 15.0 Å². The molecule has 1 rings (SSSR count). The zero-order valence-electron chi connectivity index (χ0n) is 10.8. The fourth-order valence-electron chi connectivity index (χ4n) is 1.55. The number of hydrogen-bond acceptors (Lipinski definition) is 3. The van der Waals surface area contributed by atoms with Crippen molar-refractivity contribution in [2.75, 3.05) is 6.61 Å². The van der Waals surface area contributed by atoms with Crippen LogP contribution < -0.4 is 9.88 Å². The number of sulfonamides is 1. The maximum absolute atomic E-state index is 13.5. The summed E-state index contributed by atoms with van der Waals surface area (Å²) in [7, 11) is -4.24. The fraction of sp³-hybridized carbons (Fsp3) is 0.500. The molecule has 0 saturated carbocycles. The molecule has 7 heteroatoms. The predicted molar refractivity (Wildman–Crippen MR) is 67.3 cm³/mol. The number of nitrogens with two attached hydrogens (primary N) is 1. The molecule has 0 saturated heterocycles. The molecule has 0 aliphatic rings. The third kappa shape index (κ3) is 4.76. The smallest absolute Gasteiger partial charge is 0.241 e. The Balaban J connectivity index is 2.93. The maximum atomic E-state index is 13.5. The highest BCUT2D eigenvalue weighted by atomic mass is 32.2. The molecule has 19 heavy (non-hydrogen) atoms. The van der Waals surface area contributed by atoms with Gasteiger partial charge in [0.05, 0.1) is 6.61 Å². The molecule has 0 unspecified atom stereocenters. The first-order valence-corrected chi connectivity index (χ1v) is 7.41. The van der Waals surface area contributed by atoms with Crippen molar-refractivity contribution < 1.29 is 21.9 Å². The zero-order valence-corrected chi connectivity index (χ0v) is 11.6. The predicted octanol–water partition coefficient (Wildman–Crippen LogP) is 2.43. The van der Waals surface area contributed by atoms with E-state index in [-0.39, 0.29) is 6.61 Å². The molecular weight excluding hydrogens is 276 g/mol. The van der Waals surface area contributed by atoms with E-state index in [9.17, 15) is 17.2 Å². The molecule has 4 nitrogen and oxygen atoms in total. The zero-order chi connectivity index (χ0) is 14.6. The van der Waals surface area contributed by atoms with Crippen molar-refractivity contribution in [1.82, 2.24) is 0 Å². The van der Waals surface area contributed by atoms with E-state index >= 15 is 0 Å². The van der Waals surface area contributed by atoms with Gasteiger partial charge in [0.2, 0.25) is 10.0 Å². The van der Waals surface area contributed by atoms with Gasteiger partial charge < -0.3 is 4.74 Å². The van der Waals surface area contributed by atoms with Crippen LogP contribution in [0.1, 0.15) is 26.7 Å². The van der Waals surface area contributed by atoms with E-state index in [2.05, 4.69) is 0 Å². The molecule has 1 aromatic carbocycles. The minimum absolute atomic E-state index is 0.142. The molecule has 0 atom stereocenters. The van der Waals surface area contributed by atoms with Gasteiger partial charge in [-0.05, 0) is 24.8 Å². The van der Waals surface area contributed by atoms with Gasteiger partial charge in [-0.25, -0.2) is 22.3 Å². The molecule has 0 fully saturated rings. The summed E-state index contributed by atoms with van der Waals surface area (Å²) in [5.41, 5.74) is 0. The molecular formula is C12H17F2NO3S. The molecule has 0 radical (unpaired) electrons. The van der Waals surface area contributed by atoms with Gasteiger partial charge in [0.25, 0.3) is 0 Å². The van der Waals surface area contributed by atoms with Crippen molar-refractivity contribution in [3.63, 3.8) is 0 Å². The Hall–Kier alpha value is -1.21.